The van der Waals surface area contributed by atoms with E-state index in [0.717, 1.165) is 9.13 Å². The van der Waals surface area contributed by atoms with E-state index in [0.29, 0.717) is 22.6 Å². The number of aliphatic imine (C=N–C) groups is 1. The maximum absolute atomic E-state index is 12.3. The topological polar surface area (TPSA) is 100 Å². The molecule has 0 N–H and O–H groups in total. The van der Waals surface area contributed by atoms with Gasteiger partial charge in [0.25, 0.3) is 5.69 Å². The Morgan fingerprint density at radius 3 is 2.50 bits per heavy atom. The van der Waals surface area contributed by atoms with Crippen molar-refractivity contribution in [3.8, 4) is 11.5 Å². The summed E-state index contributed by atoms with van der Waals surface area (Å²) >= 11 is 8.62. The number of non-ortho nitro benzene ring substituents is 1. The second-order valence-corrected chi connectivity index (χ2v) is 8.74. The van der Waals surface area contributed by atoms with Crippen LogP contribution < -0.4 is 9.47 Å². The van der Waals surface area contributed by atoms with Gasteiger partial charge in [-0.15, -0.1) is 0 Å². The van der Waals surface area contributed by atoms with Gasteiger partial charge in [0.05, 0.1) is 17.1 Å². The molecule has 0 aromatic heterocycles. The van der Waals surface area contributed by atoms with Crippen molar-refractivity contribution < 1.29 is 23.9 Å². The summed E-state index contributed by atoms with van der Waals surface area (Å²) in [4.78, 5) is 27.0. The molecule has 0 saturated heterocycles. The maximum Gasteiger partial charge on any atom is 0.363 e. The van der Waals surface area contributed by atoms with Crippen molar-refractivity contribution in [2.24, 2.45) is 4.99 Å². The highest BCUT2D eigenvalue weighted by atomic mass is 127. The molecule has 0 fully saturated rings. The van der Waals surface area contributed by atoms with Crippen molar-refractivity contribution in [2.75, 3.05) is 7.11 Å². The van der Waals surface area contributed by atoms with E-state index in [9.17, 15) is 14.9 Å². The van der Waals surface area contributed by atoms with E-state index in [4.69, 9.17) is 25.8 Å². The molecule has 34 heavy (non-hydrogen) atoms. The van der Waals surface area contributed by atoms with Crippen molar-refractivity contribution in [1.29, 1.82) is 0 Å². The Hall–Kier alpha value is -3.44. The summed E-state index contributed by atoms with van der Waals surface area (Å²) in [5.74, 6) is 0.326. The second kappa shape index (κ2) is 10.2. The third-order valence-corrected chi connectivity index (χ3v) is 5.80. The number of hydrogen-bond acceptors (Lipinski definition) is 7. The van der Waals surface area contributed by atoms with Gasteiger partial charge in [-0.05, 0) is 88.3 Å². The zero-order chi connectivity index (χ0) is 24.2. The van der Waals surface area contributed by atoms with Crippen LogP contribution in [-0.2, 0) is 16.1 Å². The predicted octanol–water partition coefficient (Wildman–Crippen LogP) is 5.78. The van der Waals surface area contributed by atoms with Crippen LogP contribution >= 0.6 is 34.2 Å². The number of ether oxygens (including phenoxy) is 3. The molecule has 0 saturated carbocycles. The van der Waals surface area contributed by atoms with Crippen LogP contribution in [0, 0.1) is 13.7 Å². The van der Waals surface area contributed by atoms with Crippen LogP contribution in [0.2, 0.25) is 5.02 Å². The van der Waals surface area contributed by atoms with Crippen LogP contribution in [0.25, 0.3) is 6.08 Å². The summed E-state index contributed by atoms with van der Waals surface area (Å²) in [6.45, 7) is 0.129. The lowest BCUT2D eigenvalue weighted by molar-refractivity contribution is -0.384. The minimum absolute atomic E-state index is 0.00460. The van der Waals surface area contributed by atoms with Crippen LogP contribution in [0.1, 0.15) is 16.7 Å². The number of esters is 1. The van der Waals surface area contributed by atoms with Crippen LogP contribution in [0.15, 0.2) is 71.4 Å². The number of nitro benzene ring substituents is 1. The van der Waals surface area contributed by atoms with Crippen LogP contribution in [0.3, 0.4) is 0 Å². The van der Waals surface area contributed by atoms with Crippen molar-refractivity contribution in [3.05, 3.63) is 102 Å². The third kappa shape index (κ3) is 5.37. The minimum atomic E-state index is -0.567. The molecule has 1 aliphatic rings. The van der Waals surface area contributed by atoms with Crippen molar-refractivity contribution in [3.63, 3.8) is 0 Å². The molecule has 3 aromatic rings. The first-order chi connectivity index (χ1) is 16.3. The molecule has 1 heterocycles. The second-order valence-electron chi connectivity index (χ2n) is 7.09. The lowest BCUT2D eigenvalue weighted by Gasteiger charge is -2.13. The number of halogens is 2. The number of methoxy groups -OCH3 is 1. The average molecular weight is 591 g/mol. The number of hydrogen-bond donors (Lipinski definition) is 0. The van der Waals surface area contributed by atoms with Crippen LogP contribution in [0.4, 0.5) is 5.69 Å². The van der Waals surface area contributed by atoms with Crippen molar-refractivity contribution in [2.45, 2.75) is 6.61 Å². The fourth-order valence-corrected chi connectivity index (χ4v) is 3.75. The first-order valence-corrected chi connectivity index (χ1v) is 11.3. The van der Waals surface area contributed by atoms with Gasteiger partial charge >= 0.3 is 5.97 Å². The number of rotatable bonds is 7. The number of cyclic esters (lactones) is 1. The smallest absolute Gasteiger partial charge is 0.363 e. The summed E-state index contributed by atoms with van der Waals surface area (Å²) in [6.07, 6.45) is 1.55. The number of carbonyl (C=O) groups excluding carboxylic acids is 1. The molecule has 0 bridgehead atoms. The van der Waals surface area contributed by atoms with E-state index in [-0.39, 0.29) is 28.9 Å². The molecule has 0 amide bonds. The Morgan fingerprint density at radius 2 is 1.85 bits per heavy atom. The van der Waals surface area contributed by atoms with Crippen molar-refractivity contribution in [1.82, 2.24) is 0 Å². The van der Waals surface area contributed by atoms with Gasteiger partial charge in [0.2, 0.25) is 5.90 Å². The molecule has 0 atom stereocenters. The molecule has 172 valence electrons. The quantitative estimate of drug-likeness (QED) is 0.114. The molecular weight excluding hydrogens is 575 g/mol. The molecule has 0 aliphatic carbocycles. The highest BCUT2D eigenvalue weighted by Crippen LogP contribution is 2.38. The zero-order valence-electron chi connectivity index (χ0n) is 17.7. The Morgan fingerprint density at radius 1 is 1.15 bits per heavy atom. The number of benzene rings is 3. The predicted molar refractivity (Wildman–Crippen MR) is 135 cm³/mol. The average Bonchev–Trinajstić information content (AvgIpc) is 3.18. The Labute approximate surface area is 213 Å². The molecule has 10 heteroatoms. The number of carbonyl (C=O) groups is 1. The molecule has 0 spiro atoms. The van der Waals surface area contributed by atoms with E-state index >= 15 is 0 Å². The summed E-state index contributed by atoms with van der Waals surface area (Å²) in [5, 5.41) is 11.1. The van der Waals surface area contributed by atoms with Gasteiger partial charge in [-0.25, -0.2) is 9.79 Å². The Balaban J connectivity index is 1.55. The Bertz CT molecular complexity index is 1320. The van der Waals surface area contributed by atoms with Crippen LogP contribution in [-0.4, -0.2) is 23.9 Å². The normalized spacial score (nSPS) is 14.0. The summed E-state index contributed by atoms with van der Waals surface area (Å²) in [6, 6.07) is 16.7. The largest absolute Gasteiger partial charge is 0.493 e. The molecule has 0 unspecified atom stereocenters. The van der Waals surface area contributed by atoms with Gasteiger partial charge in [0.15, 0.2) is 17.2 Å². The van der Waals surface area contributed by atoms with E-state index in [1.807, 2.05) is 24.3 Å². The highest BCUT2D eigenvalue weighted by molar-refractivity contribution is 14.1. The zero-order valence-corrected chi connectivity index (χ0v) is 20.6. The molecule has 1 aliphatic heterocycles. The molecule has 0 radical (unpaired) electrons. The number of nitro groups is 1. The van der Waals surface area contributed by atoms with Crippen LogP contribution in [0.5, 0.6) is 11.5 Å². The van der Waals surface area contributed by atoms with E-state index < -0.39 is 10.9 Å². The minimum Gasteiger partial charge on any atom is -0.493 e. The van der Waals surface area contributed by atoms with E-state index in [1.54, 1.807) is 30.3 Å². The van der Waals surface area contributed by atoms with Gasteiger partial charge < -0.3 is 14.2 Å². The van der Waals surface area contributed by atoms with Gasteiger partial charge in [-0.1, -0.05) is 11.6 Å². The molecule has 4 rings (SSSR count). The van der Waals surface area contributed by atoms with Gasteiger partial charge in [-0.2, -0.15) is 0 Å². The summed E-state index contributed by atoms with van der Waals surface area (Å²) in [7, 11) is 1.47. The molecule has 8 nitrogen and oxygen atoms in total. The number of nitrogens with zero attached hydrogens (tertiary/aromatic N) is 2. The van der Waals surface area contributed by atoms with E-state index in [1.165, 1.54) is 19.2 Å². The standard InChI is InChI=1S/C24H16ClIN2O6/c1-32-21-12-15(11-20-24(29)34-23(27-20)16-4-6-17(26)7-5-16)10-19(25)22(21)33-13-14-2-8-18(9-3-14)28(30)31/h2-12H,13H2,1H3/b20-11-. The highest BCUT2D eigenvalue weighted by Gasteiger charge is 2.24. The van der Waals surface area contributed by atoms with E-state index in [2.05, 4.69) is 27.6 Å². The fraction of sp³-hybridized carbons (Fsp3) is 0.0833. The molecular formula is C24H16ClIN2O6. The van der Waals surface area contributed by atoms with Crippen molar-refractivity contribution >= 4 is 57.8 Å². The lowest BCUT2D eigenvalue weighted by atomic mass is 10.1. The SMILES string of the molecule is COc1cc(/C=C2\N=C(c3ccc(I)cc3)OC2=O)cc(Cl)c1OCc1ccc([N+](=O)[O-])cc1. The first-order valence-electron chi connectivity index (χ1n) is 9.86. The van der Waals surface area contributed by atoms with Gasteiger partial charge in [0, 0.05) is 21.3 Å². The Kier molecular flexibility index (Phi) is 7.13. The summed E-state index contributed by atoms with van der Waals surface area (Å²) in [5.41, 5.74) is 2.12. The first kappa shape index (κ1) is 23.7. The van der Waals surface area contributed by atoms with Gasteiger partial charge in [-0.3, -0.25) is 10.1 Å². The fourth-order valence-electron chi connectivity index (χ4n) is 3.12. The molecule has 3 aromatic carbocycles. The summed E-state index contributed by atoms with van der Waals surface area (Å²) < 4.78 is 17.6. The maximum atomic E-state index is 12.3. The van der Waals surface area contributed by atoms with Gasteiger partial charge in [0.1, 0.15) is 6.61 Å². The monoisotopic (exact) mass is 590 g/mol. The lowest BCUT2D eigenvalue weighted by Crippen LogP contribution is -2.05. The third-order valence-electron chi connectivity index (χ3n) is 4.80.